The number of nitrogens with zero attached hydrogens (tertiary/aromatic N) is 4. The maximum absolute atomic E-state index is 12.4. The summed E-state index contributed by atoms with van der Waals surface area (Å²) < 4.78 is 31.9. The molecular formula is C22H30N6O4S. The Bertz CT molecular complexity index is 1260. The SMILES string of the molecule is CCN(CCNS(C)(=O)=O)c1ccc(NC(=O)OCn2nnc3cc(C)c(C)cc32)c(C)c1. The summed E-state index contributed by atoms with van der Waals surface area (Å²) in [4.78, 5) is 14.4. The molecule has 0 aliphatic heterocycles. The van der Waals surface area contributed by atoms with Crippen LogP contribution < -0.4 is 14.9 Å². The number of ether oxygens (including phenoxy) is 1. The van der Waals surface area contributed by atoms with Crippen molar-refractivity contribution in [2.24, 2.45) is 0 Å². The number of anilines is 2. The van der Waals surface area contributed by atoms with E-state index in [4.69, 9.17) is 4.74 Å². The maximum Gasteiger partial charge on any atom is 0.413 e. The molecule has 0 spiro atoms. The smallest absolute Gasteiger partial charge is 0.413 e. The monoisotopic (exact) mass is 474 g/mol. The van der Waals surface area contributed by atoms with Crippen molar-refractivity contribution in [2.75, 3.05) is 36.1 Å². The Morgan fingerprint density at radius 2 is 1.85 bits per heavy atom. The molecule has 1 heterocycles. The molecule has 33 heavy (non-hydrogen) atoms. The third-order valence-corrected chi connectivity index (χ3v) is 6.12. The Kier molecular flexibility index (Phi) is 7.54. The second-order valence-electron chi connectivity index (χ2n) is 7.95. The molecular weight excluding hydrogens is 444 g/mol. The van der Waals surface area contributed by atoms with E-state index in [-0.39, 0.29) is 6.73 Å². The van der Waals surface area contributed by atoms with Gasteiger partial charge in [0.25, 0.3) is 0 Å². The van der Waals surface area contributed by atoms with Crippen molar-refractivity contribution in [1.29, 1.82) is 0 Å². The Hall–Kier alpha value is -3.18. The normalized spacial score (nSPS) is 11.5. The molecule has 10 nitrogen and oxygen atoms in total. The number of rotatable bonds is 9. The number of benzene rings is 2. The van der Waals surface area contributed by atoms with Gasteiger partial charge in [-0.05, 0) is 74.7 Å². The van der Waals surface area contributed by atoms with Gasteiger partial charge in [-0.1, -0.05) is 5.21 Å². The molecule has 178 valence electrons. The van der Waals surface area contributed by atoms with Crippen molar-refractivity contribution >= 4 is 38.5 Å². The van der Waals surface area contributed by atoms with Crippen LogP contribution in [-0.2, 0) is 21.5 Å². The third-order valence-electron chi connectivity index (χ3n) is 5.39. The minimum atomic E-state index is -3.23. The molecule has 0 radical (unpaired) electrons. The fourth-order valence-corrected chi connectivity index (χ4v) is 3.87. The molecule has 0 bridgehead atoms. The molecule has 0 unspecified atom stereocenters. The first-order valence-electron chi connectivity index (χ1n) is 10.6. The lowest BCUT2D eigenvalue weighted by Crippen LogP contribution is -2.34. The van der Waals surface area contributed by atoms with E-state index < -0.39 is 16.1 Å². The fraction of sp³-hybridized carbons (Fsp3) is 0.409. The van der Waals surface area contributed by atoms with E-state index in [9.17, 15) is 13.2 Å². The maximum atomic E-state index is 12.4. The summed E-state index contributed by atoms with van der Waals surface area (Å²) in [5, 5.41) is 10.9. The highest BCUT2D eigenvalue weighted by molar-refractivity contribution is 7.88. The van der Waals surface area contributed by atoms with E-state index in [1.807, 2.05) is 56.9 Å². The summed E-state index contributed by atoms with van der Waals surface area (Å²) in [6.45, 7) is 9.40. The molecule has 3 rings (SSSR count). The van der Waals surface area contributed by atoms with E-state index >= 15 is 0 Å². The van der Waals surface area contributed by atoms with Gasteiger partial charge in [0.15, 0.2) is 6.73 Å². The van der Waals surface area contributed by atoms with Gasteiger partial charge in [0.1, 0.15) is 5.52 Å². The van der Waals surface area contributed by atoms with Gasteiger partial charge < -0.3 is 9.64 Å². The first-order chi connectivity index (χ1) is 15.6. The first kappa shape index (κ1) is 24.5. The van der Waals surface area contributed by atoms with Crippen LogP contribution in [-0.4, -0.2) is 55.4 Å². The van der Waals surface area contributed by atoms with Gasteiger partial charge >= 0.3 is 6.09 Å². The Morgan fingerprint density at radius 3 is 2.52 bits per heavy atom. The average Bonchev–Trinajstić information content (AvgIpc) is 3.12. The van der Waals surface area contributed by atoms with Crippen LogP contribution in [0.1, 0.15) is 23.6 Å². The van der Waals surface area contributed by atoms with Gasteiger partial charge in [0, 0.05) is 31.0 Å². The van der Waals surface area contributed by atoms with E-state index in [0.717, 1.165) is 39.7 Å². The van der Waals surface area contributed by atoms with Crippen LogP contribution in [0.4, 0.5) is 16.2 Å². The number of likely N-dealkylation sites (N-methyl/N-ethyl adjacent to an activating group) is 1. The standard InChI is InChI=1S/C22H30N6O4S/c1-6-27(10-9-23-33(5,30)31)18-7-8-19(17(4)11-18)24-22(29)32-14-28-21-13-16(3)15(2)12-20(21)25-26-28/h7-8,11-13,23H,6,9-10,14H2,1-5H3,(H,24,29). The third kappa shape index (κ3) is 6.42. The van der Waals surface area contributed by atoms with Gasteiger partial charge in [0.05, 0.1) is 11.8 Å². The number of carbonyl (C=O) groups is 1. The van der Waals surface area contributed by atoms with Crippen LogP contribution in [0.5, 0.6) is 0 Å². The largest absolute Gasteiger partial charge is 0.426 e. The number of carbonyl (C=O) groups excluding carboxylic acids is 1. The molecule has 0 atom stereocenters. The fourth-order valence-electron chi connectivity index (χ4n) is 3.40. The van der Waals surface area contributed by atoms with E-state index in [0.29, 0.717) is 25.3 Å². The summed E-state index contributed by atoms with van der Waals surface area (Å²) in [6.07, 6.45) is 0.545. The van der Waals surface area contributed by atoms with E-state index in [1.165, 1.54) is 0 Å². The van der Waals surface area contributed by atoms with Crippen molar-refractivity contribution in [3.8, 4) is 0 Å². The van der Waals surface area contributed by atoms with Crippen LogP contribution in [0.3, 0.4) is 0 Å². The molecule has 0 aliphatic rings. The number of hydrogen-bond donors (Lipinski definition) is 2. The molecule has 3 aromatic rings. The highest BCUT2D eigenvalue weighted by Crippen LogP contribution is 2.23. The zero-order chi connectivity index (χ0) is 24.2. The summed E-state index contributed by atoms with van der Waals surface area (Å²) >= 11 is 0. The lowest BCUT2D eigenvalue weighted by atomic mass is 10.1. The van der Waals surface area contributed by atoms with Gasteiger partial charge in [0.2, 0.25) is 10.0 Å². The van der Waals surface area contributed by atoms with Crippen LogP contribution in [0, 0.1) is 20.8 Å². The molecule has 2 aromatic carbocycles. The van der Waals surface area contributed by atoms with E-state index in [1.54, 1.807) is 10.7 Å². The number of aryl methyl sites for hydroxylation is 3. The van der Waals surface area contributed by atoms with Crippen molar-refractivity contribution in [3.63, 3.8) is 0 Å². The highest BCUT2D eigenvalue weighted by Gasteiger charge is 2.12. The second-order valence-corrected chi connectivity index (χ2v) is 9.78. The molecule has 2 N–H and O–H groups in total. The van der Waals surface area contributed by atoms with Crippen LogP contribution in [0.2, 0.25) is 0 Å². The molecule has 11 heteroatoms. The van der Waals surface area contributed by atoms with Gasteiger partial charge in [-0.25, -0.2) is 22.6 Å². The summed E-state index contributed by atoms with van der Waals surface area (Å²) in [6, 6.07) is 9.55. The van der Waals surface area contributed by atoms with Crippen molar-refractivity contribution in [3.05, 3.63) is 47.0 Å². The predicted octanol–water partition coefficient (Wildman–Crippen LogP) is 2.94. The number of hydrogen-bond acceptors (Lipinski definition) is 7. The molecule has 0 saturated carbocycles. The highest BCUT2D eigenvalue weighted by atomic mass is 32.2. The quantitative estimate of drug-likeness (QED) is 0.489. The van der Waals surface area contributed by atoms with Gasteiger partial charge in [-0.3, -0.25) is 5.32 Å². The number of fused-ring (bicyclic) bond motifs is 1. The lowest BCUT2D eigenvalue weighted by molar-refractivity contribution is 0.123. The van der Waals surface area contributed by atoms with Crippen molar-refractivity contribution in [2.45, 2.75) is 34.4 Å². The van der Waals surface area contributed by atoms with Gasteiger partial charge in [-0.2, -0.15) is 0 Å². The summed E-state index contributed by atoms with van der Waals surface area (Å²) in [5.41, 5.74) is 6.21. The first-order valence-corrected chi connectivity index (χ1v) is 12.5. The van der Waals surface area contributed by atoms with Crippen LogP contribution >= 0.6 is 0 Å². The van der Waals surface area contributed by atoms with Crippen LogP contribution in [0.25, 0.3) is 11.0 Å². The topological polar surface area (TPSA) is 118 Å². The molecule has 0 saturated heterocycles. The minimum absolute atomic E-state index is 0.0566. The molecule has 0 aliphatic carbocycles. The average molecular weight is 475 g/mol. The summed E-state index contributed by atoms with van der Waals surface area (Å²) in [5.74, 6) is 0. The van der Waals surface area contributed by atoms with Crippen molar-refractivity contribution in [1.82, 2.24) is 19.7 Å². The predicted molar refractivity (Wildman–Crippen MR) is 129 cm³/mol. The molecule has 1 amide bonds. The minimum Gasteiger partial charge on any atom is -0.426 e. The van der Waals surface area contributed by atoms with Crippen molar-refractivity contribution < 1.29 is 17.9 Å². The Labute approximate surface area is 194 Å². The number of aromatic nitrogens is 3. The zero-order valence-corrected chi connectivity index (χ0v) is 20.4. The number of amides is 1. The Morgan fingerprint density at radius 1 is 1.12 bits per heavy atom. The van der Waals surface area contributed by atoms with Gasteiger partial charge in [-0.15, -0.1) is 5.10 Å². The molecule has 0 fully saturated rings. The van der Waals surface area contributed by atoms with E-state index in [2.05, 4.69) is 20.4 Å². The lowest BCUT2D eigenvalue weighted by Gasteiger charge is -2.24. The summed E-state index contributed by atoms with van der Waals surface area (Å²) in [7, 11) is -3.23. The second kappa shape index (κ2) is 10.2. The number of nitrogens with one attached hydrogen (secondary N) is 2. The number of sulfonamides is 1. The zero-order valence-electron chi connectivity index (χ0n) is 19.5. The molecule has 1 aromatic heterocycles. The Balaban J connectivity index is 1.60. The van der Waals surface area contributed by atoms with Crippen LogP contribution in [0.15, 0.2) is 30.3 Å².